The molecule has 4 rings (SSSR count). The maximum Gasteiger partial charge on any atom is 0.227 e. The Labute approximate surface area is 182 Å². The number of pyridine rings is 1. The van der Waals surface area contributed by atoms with Gasteiger partial charge in [-0.15, -0.1) is 0 Å². The first-order valence-corrected chi connectivity index (χ1v) is 12.4. The highest BCUT2D eigenvalue weighted by molar-refractivity contribution is 5.79. The highest BCUT2D eigenvalue weighted by atomic mass is 16.2. The lowest BCUT2D eigenvalue weighted by Crippen LogP contribution is -2.52. The number of aromatic nitrogens is 1. The Balaban J connectivity index is 1.28. The molecule has 5 heteroatoms. The molecule has 3 aliphatic rings. The van der Waals surface area contributed by atoms with Crippen molar-refractivity contribution >= 4 is 5.91 Å². The summed E-state index contributed by atoms with van der Waals surface area (Å²) in [6.45, 7) is 8.56. The van der Waals surface area contributed by atoms with E-state index in [9.17, 15) is 4.79 Å². The zero-order valence-corrected chi connectivity index (χ0v) is 18.8. The molecule has 3 heterocycles. The van der Waals surface area contributed by atoms with E-state index in [-0.39, 0.29) is 5.92 Å². The molecule has 1 amide bonds. The molecule has 1 saturated carbocycles. The van der Waals surface area contributed by atoms with E-state index in [1.165, 1.54) is 63.5 Å². The predicted molar refractivity (Wildman–Crippen MR) is 121 cm³/mol. The molecule has 0 N–H and O–H groups in total. The van der Waals surface area contributed by atoms with Gasteiger partial charge in [-0.3, -0.25) is 19.6 Å². The summed E-state index contributed by atoms with van der Waals surface area (Å²) >= 11 is 0. The van der Waals surface area contributed by atoms with Crippen molar-refractivity contribution in [3.63, 3.8) is 0 Å². The van der Waals surface area contributed by atoms with Crippen molar-refractivity contribution in [2.45, 2.75) is 83.3 Å². The Morgan fingerprint density at radius 3 is 2.43 bits per heavy atom. The second-order valence-electron chi connectivity index (χ2n) is 9.61. The fraction of sp³-hybridized carbons (Fsp3) is 0.760. The first-order chi connectivity index (χ1) is 14.7. The first kappa shape index (κ1) is 21.8. The number of hydrogen-bond donors (Lipinski definition) is 0. The van der Waals surface area contributed by atoms with Crippen LogP contribution >= 0.6 is 0 Å². The van der Waals surface area contributed by atoms with Gasteiger partial charge in [0.2, 0.25) is 5.91 Å². The molecule has 0 spiro atoms. The topological polar surface area (TPSA) is 39.7 Å². The molecule has 3 fully saturated rings. The minimum atomic E-state index is 0.218. The zero-order valence-electron chi connectivity index (χ0n) is 18.8. The number of nitrogens with zero attached hydrogens (tertiary/aromatic N) is 4. The molecule has 5 nitrogen and oxygen atoms in total. The molecule has 1 aromatic rings. The van der Waals surface area contributed by atoms with Crippen molar-refractivity contribution < 1.29 is 4.79 Å². The molecule has 2 saturated heterocycles. The molecule has 30 heavy (non-hydrogen) atoms. The van der Waals surface area contributed by atoms with Crippen LogP contribution < -0.4 is 0 Å². The lowest BCUT2D eigenvalue weighted by Gasteiger charge is -2.43. The second kappa shape index (κ2) is 10.7. The number of hydrogen-bond acceptors (Lipinski definition) is 4. The van der Waals surface area contributed by atoms with Crippen molar-refractivity contribution in [2.75, 3.05) is 32.7 Å². The quantitative estimate of drug-likeness (QED) is 0.710. The zero-order chi connectivity index (χ0) is 20.8. The number of carbonyl (C=O) groups is 1. The van der Waals surface area contributed by atoms with Crippen LogP contribution in [0.25, 0.3) is 0 Å². The van der Waals surface area contributed by atoms with Crippen LogP contribution in [-0.4, -0.2) is 70.4 Å². The van der Waals surface area contributed by atoms with Crippen LogP contribution in [0, 0.1) is 5.92 Å². The van der Waals surface area contributed by atoms with E-state index in [0.717, 1.165) is 39.1 Å². The van der Waals surface area contributed by atoms with Gasteiger partial charge in [0, 0.05) is 44.1 Å². The summed E-state index contributed by atoms with van der Waals surface area (Å²) in [6, 6.07) is 5.40. The molecule has 0 bridgehead atoms. The molecule has 166 valence electrons. The molecule has 2 aliphatic heterocycles. The average Bonchev–Trinajstić information content (AvgIpc) is 2.81. The normalized spacial score (nSPS) is 25.3. The average molecular weight is 413 g/mol. The Morgan fingerprint density at radius 1 is 1.00 bits per heavy atom. The highest BCUT2D eigenvalue weighted by Gasteiger charge is 2.35. The maximum atomic E-state index is 13.4. The van der Waals surface area contributed by atoms with Crippen molar-refractivity contribution in [2.24, 2.45) is 5.92 Å². The summed E-state index contributed by atoms with van der Waals surface area (Å²) in [5, 5.41) is 0. The van der Waals surface area contributed by atoms with Crippen LogP contribution in [0.5, 0.6) is 0 Å². The van der Waals surface area contributed by atoms with Gasteiger partial charge < -0.3 is 4.90 Å². The molecular formula is C25H40N4O. The SMILES string of the molecule is CCN(C(=O)[C@H]1CCCN(C2CCN(Cc3ccncc3)CC2)C1)C1CCCCC1. The molecule has 0 unspecified atom stereocenters. The van der Waals surface area contributed by atoms with Gasteiger partial charge >= 0.3 is 0 Å². The monoisotopic (exact) mass is 412 g/mol. The van der Waals surface area contributed by atoms with E-state index in [4.69, 9.17) is 0 Å². The van der Waals surface area contributed by atoms with Gasteiger partial charge in [-0.1, -0.05) is 19.3 Å². The summed E-state index contributed by atoms with van der Waals surface area (Å²) in [5.74, 6) is 0.666. The van der Waals surface area contributed by atoms with E-state index < -0.39 is 0 Å². The lowest BCUT2D eigenvalue weighted by molar-refractivity contribution is -0.140. The highest BCUT2D eigenvalue weighted by Crippen LogP contribution is 2.28. The van der Waals surface area contributed by atoms with Crippen molar-refractivity contribution in [1.29, 1.82) is 0 Å². The maximum absolute atomic E-state index is 13.4. The van der Waals surface area contributed by atoms with Crippen molar-refractivity contribution in [1.82, 2.24) is 19.7 Å². The van der Waals surface area contributed by atoms with E-state index in [0.29, 0.717) is 18.0 Å². The van der Waals surface area contributed by atoms with Gasteiger partial charge in [-0.2, -0.15) is 0 Å². The Kier molecular flexibility index (Phi) is 7.78. The third-order valence-electron chi connectivity index (χ3n) is 7.67. The lowest BCUT2D eigenvalue weighted by atomic mass is 9.90. The minimum Gasteiger partial charge on any atom is -0.340 e. The van der Waals surface area contributed by atoms with Gasteiger partial charge in [0.25, 0.3) is 0 Å². The minimum absolute atomic E-state index is 0.218. The van der Waals surface area contributed by atoms with Gasteiger partial charge in [0.1, 0.15) is 0 Å². The standard InChI is InChI=1S/C25H40N4O/c1-2-29(24-8-4-3-5-9-24)25(30)22-7-6-16-28(20-22)23-12-17-27(18-13-23)19-21-10-14-26-15-11-21/h10-11,14-15,22-24H,2-9,12-13,16-20H2,1H3/t22-/m0/s1. The smallest absolute Gasteiger partial charge is 0.227 e. The van der Waals surface area contributed by atoms with Gasteiger partial charge in [0.15, 0.2) is 0 Å². The first-order valence-electron chi connectivity index (χ1n) is 12.4. The Bertz CT molecular complexity index is 652. The van der Waals surface area contributed by atoms with E-state index in [2.05, 4.69) is 38.7 Å². The summed E-state index contributed by atoms with van der Waals surface area (Å²) in [6.07, 6.45) is 14.9. The molecule has 0 radical (unpaired) electrons. The van der Waals surface area contributed by atoms with Gasteiger partial charge in [-0.25, -0.2) is 0 Å². The molecule has 1 atom stereocenters. The molecule has 1 aliphatic carbocycles. The summed E-state index contributed by atoms with van der Waals surface area (Å²) < 4.78 is 0. The predicted octanol–water partition coefficient (Wildman–Crippen LogP) is 3.94. The third-order valence-corrected chi connectivity index (χ3v) is 7.67. The number of likely N-dealkylation sites (tertiary alicyclic amines) is 2. The Morgan fingerprint density at radius 2 is 1.73 bits per heavy atom. The molecule has 1 aromatic heterocycles. The fourth-order valence-corrected chi connectivity index (χ4v) is 5.95. The second-order valence-corrected chi connectivity index (χ2v) is 9.61. The van der Waals surface area contributed by atoms with E-state index in [1.54, 1.807) is 0 Å². The molecular weight excluding hydrogens is 372 g/mol. The summed E-state index contributed by atoms with van der Waals surface area (Å²) in [4.78, 5) is 25.0. The van der Waals surface area contributed by atoms with Crippen LogP contribution in [0.2, 0.25) is 0 Å². The third kappa shape index (κ3) is 5.42. The number of amides is 1. The summed E-state index contributed by atoms with van der Waals surface area (Å²) in [7, 11) is 0. The van der Waals surface area contributed by atoms with E-state index in [1.807, 2.05) is 12.4 Å². The van der Waals surface area contributed by atoms with Crippen molar-refractivity contribution in [3.05, 3.63) is 30.1 Å². The summed E-state index contributed by atoms with van der Waals surface area (Å²) in [5.41, 5.74) is 1.36. The van der Waals surface area contributed by atoms with Crippen LogP contribution in [0.3, 0.4) is 0 Å². The van der Waals surface area contributed by atoms with Gasteiger partial charge in [-0.05, 0) is 82.8 Å². The molecule has 0 aromatic carbocycles. The van der Waals surface area contributed by atoms with E-state index >= 15 is 0 Å². The van der Waals surface area contributed by atoms with Gasteiger partial charge in [0.05, 0.1) is 5.92 Å². The van der Waals surface area contributed by atoms with Crippen LogP contribution in [-0.2, 0) is 11.3 Å². The number of carbonyl (C=O) groups excluding carboxylic acids is 1. The van der Waals surface area contributed by atoms with Crippen LogP contribution in [0.1, 0.15) is 70.3 Å². The Hall–Kier alpha value is -1.46. The van der Waals surface area contributed by atoms with Crippen LogP contribution in [0.4, 0.5) is 0 Å². The largest absolute Gasteiger partial charge is 0.340 e. The van der Waals surface area contributed by atoms with Crippen LogP contribution in [0.15, 0.2) is 24.5 Å². The number of rotatable bonds is 6. The van der Waals surface area contributed by atoms with Crippen molar-refractivity contribution in [3.8, 4) is 0 Å². The number of piperidine rings is 2. The fourth-order valence-electron chi connectivity index (χ4n) is 5.95.